The van der Waals surface area contributed by atoms with Gasteiger partial charge in [0.1, 0.15) is 5.82 Å². The van der Waals surface area contributed by atoms with Gasteiger partial charge in [0.05, 0.1) is 4.88 Å². The van der Waals surface area contributed by atoms with E-state index in [1.807, 2.05) is 25.3 Å². The van der Waals surface area contributed by atoms with Gasteiger partial charge < -0.3 is 9.88 Å². The molecular weight excluding hydrogens is 270 g/mol. The number of aromatic nitrogens is 2. The van der Waals surface area contributed by atoms with Crippen LogP contribution in [0.3, 0.4) is 0 Å². The van der Waals surface area contributed by atoms with E-state index >= 15 is 0 Å². The van der Waals surface area contributed by atoms with Crippen molar-refractivity contribution in [2.24, 2.45) is 0 Å². The smallest absolute Gasteiger partial charge is 0.261 e. The lowest BCUT2D eigenvalue weighted by Crippen LogP contribution is -2.27. The Kier molecular flexibility index (Phi) is 3.61. The van der Waals surface area contributed by atoms with Crippen molar-refractivity contribution in [3.63, 3.8) is 0 Å². The van der Waals surface area contributed by atoms with E-state index in [2.05, 4.69) is 21.8 Å². The molecule has 1 saturated carbocycles. The Labute approximate surface area is 122 Å². The molecule has 1 amide bonds. The van der Waals surface area contributed by atoms with Crippen molar-refractivity contribution in [3.8, 4) is 0 Å². The van der Waals surface area contributed by atoms with Crippen LogP contribution in [0.25, 0.3) is 0 Å². The van der Waals surface area contributed by atoms with Gasteiger partial charge in [-0.3, -0.25) is 4.79 Å². The Morgan fingerprint density at radius 1 is 1.45 bits per heavy atom. The van der Waals surface area contributed by atoms with Gasteiger partial charge in [-0.25, -0.2) is 4.98 Å². The predicted octanol–water partition coefficient (Wildman–Crippen LogP) is 2.87. The van der Waals surface area contributed by atoms with Gasteiger partial charge in [-0.1, -0.05) is 0 Å². The zero-order chi connectivity index (χ0) is 14.1. The summed E-state index contributed by atoms with van der Waals surface area (Å²) in [5.74, 6) is 1.84. The van der Waals surface area contributed by atoms with Gasteiger partial charge in [-0.15, -0.1) is 11.3 Å². The number of hydrogen-bond donors (Lipinski definition) is 1. The molecular formula is C15H19N3OS. The lowest BCUT2D eigenvalue weighted by molar-refractivity contribution is 0.0956. The predicted molar refractivity (Wildman–Crippen MR) is 80.3 cm³/mol. The van der Waals surface area contributed by atoms with E-state index in [1.54, 1.807) is 0 Å². The second-order valence-electron chi connectivity index (χ2n) is 5.35. The molecule has 0 spiro atoms. The van der Waals surface area contributed by atoms with Crippen LogP contribution in [0.1, 0.15) is 44.8 Å². The highest BCUT2D eigenvalue weighted by Gasteiger charge is 2.28. The summed E-state index contributed by atoms with van der Waals surface area (Å²) in [6, 6.07) is 3.86. The number of rotatable bonds is 5. The van der Waals surface area contributed by atoms with Gasteiger partial charge in [0.25, 0.3) is 5.91 Å². The normalized spacial score (nSPS) is 14.5. The summed E-state index contributed by atoms with van der Waals surface area (Å²) in [6.45, 7) is 5.53. The van der Waals surface area contributed by atoms with Crippen molar-refractivity contribution >= 4 is 17.2 Å². The molecule has 2 heterocycles. The third-order valence-electron chi connectivity index (χ3n) is 3.61. The Bertz CT molecular complexity index is 625. The van der Waals surface area contributed by atoms with Gasteiger partial charge in [-0.2, -0.15) is 0 Å². The van der Waals surface area contributed by atoms with Crippen LogP contribution in [0.15, 0.2) is 18.3 Å². The number of nitrogens with one attached hydrogen (secondary N) is 1. The molecule has 2 aromatic heterocycles. The standard InChI is InChI=1S/C15H19N3OS/c1-10-9-17-14(12-4-5-12)18(10)8-7-16-15(19)13-6-3-11(2)20-13/h3,6,9,12H,4-5,7-8H2,1-2H3,(H,16,19). The molecule has 1 N–H and O–H groups in total. The molecule has 1 fully saturated rings. The highest BCUT2D eigenvalue weighted by Crippen LogP contribution is 2.39. The summed E-state index contributed by atoms with van der Waals surface area (Å²) < 4.78 is 2.23. The molecule has 0 saturated heterocycles. The molecule has 5 heteroatoms. The average Bonchev–Trinajstić information content (AvgIpc) is 3.07. The monoisotopic (exact) mass is 289 g/mol. The fraction of sp³-hybridized carbons (Fsp3) is 0.467. The minimum Gasteiger partial charge on any atom is -0.350 e. The molecule has 0 radical (unpaired) electrons. The third-order valence-corrected chi connectivity index (χ3v) is 4.61. The summed E-state index contributed by atoms with van der Waals surface area (Å²) in [5, 5.41) is 2.99. The Balaban J connectivity index is 1.57. The van der Waals surface area contributed by atoms with Crippen molar-refractivity contribution in [1.29, 1.82) is 0 Å². The fourth-order valence-electron chi connectivity index (χ4n) is 2.36. The molecule has 106 valence electrons. The highest BCUT2D eigenvalue weighted by molar-refractivity contribution is 7.13. The SMILES string of the molecule is Cc1ccc(C(=O)NCCn2c(C)cnc2C2CC2)s1. The van der Waals surface area contributed by atoms with E-state index in [0.29, 0.717) is 12.5 Å². The Morgan fingerprint density at radius 3 is 2.90 bits per heavy atom. The molecule has 3 rings (SSSR count). The zero-order valence-corrected chi connectivity index (χ0v) is 12.7. The lowest BCUT2D eigenvalue weighted by Gasteiger charge is -2.10. The van der Waals surface area contributed by atoms with Crippen LogP contribution in [-0.4, -0.2) is 22.0 Å². The number of amides is 1. The van der Waals surface area contributed by atoms with Crippen LogP contribution >= 0.6 is 11.3 Å². The van der Waals surface area contributed by atoms with E-state index in [4.69, 9.17) is 0 Å². The van der Waals surface area contributed by atoms with E-state index in [-0.39, 0.29) is 5.91 Å². The van der Waals surface area contributed by atoms with Crippen LogP contribution < -0.4 is 5.32 Å². The summed E-state index contributed by atoms with van der Waals surface area (Å²) in [6.07, 6.45) is 4.42. The van der Waals surface area contributed by atoms with Gasteiger partial charge in [0.2, 0.25) is 0 Å². The van der Waals surface area contributed by atoms with Crippen molar-refractivity contribution in [2.75, 3.05) is 6.54 Å². The summed E-state index contributed by atoms with van der Waals surface area (Å²) in [4.78, 5) is 18.4. The lowest BCUT2D eigenvalue weighted by atomic mass is 10.3. The molecule has 0 bridgehead atoms. The van der Waals surface area contributed by atoms with Gasteiger partial charge in [0.15, 0.2) is 0 Å². The number of nitrogens with zero attached hydrogens (tertiary/aromatic N) is 2. The van der Waals surface area contributed by atoms with Crippen molar-refractivity contribution in [2.45, 2.75) is 39.2 Å². The van der Waals surface area contributed by atoms with E-state index in [0.717, 1.165) is 16.3 Å². The van der Waals surface area contributed by atoms with E-state index < -0.39 is 0 Å². The van der Waals surface area contributed by atoms with Gasteiger partial charge in [-0.05, 0) is 38.8 Å². The maximum atomic E-state index is 12.0. The van der Waals surface area contributed by atoms with Gasteiger partial charge >= 0.3 is 0 Å². The second kappa shape index (κ2) is 5.40. The molecule has 0 unspecified atom stereocenters. The van der Waals surface area contributed by atoms with E-state index in [1.165, 1.54) is 35.7 Å². The topological polar surface area (TPSA) is 46.9 Å². The molecule has 2 aromatic rings. The molecule has 0 atom stereocenters. The molecule has 0 aromatic carbocycles. The van der Waals surface area contributed by atoms with Crippen LogP contribution in [0.5, 0.6) is 0 Å². The summed E-state index contributed by atoms with van der Waals surface area (Å²) in [5.41, 5.74) is 1.17. The minimum atomic E-state index is 0.0221. The number of carbonyl (C=O) groups excluding carboxylic acids is 1. The average molecular weight is 289 g/mol. The minimum absolute atomic E-state index is 0.0221. The first kappa shape index (κ1) is 13.4. The van der Waals surface area contributed by atoms with Crippen LogP contribution in [0.2, 0.25) is 0 Å². The van der Waals surface area contributed by atoms with Gasteiger partial charge in [0, 0.05) is 35.8 Å². The number of aryl methyl sites for hydroxylation is 2. The number of carbonyl (C=O) groups is 1. The molecule has 1 aliphatic carbocycles. The highest BCUT2D eigenvalue weighted by atomic mass is 32.1. The maximum absolute atomic E-state index is 12.0. The zero-order valence-electron chi connectivity index (χ0n) is 11.8. The van der Waals surface area contributed by atoms with Crippen molar-refractivity contribution in [3.05, 3.63) is 39.6 Å². The molecule has 0 aliphatic heterocycles. The Hall–Kier alpha value is -1.62. The fourth-order valence-corrected chi connectivity index (χ4v) is 3.15. The number of hydrogen-bond acceptors (Lipinski definition) is 3. The summed E-state index contributed by atoms with van der Waals surface area (Å²) >= 11 is 1.53. The first-order chi connectivity index (χ1) is 9.65. The van der Waals surface area contributed by atoms with Crippen LogP contribution in [-0.2, 0) is 6.54 Å². The van der Waals surface area contributed by atoms with Crippen LogP contribution in [0.4, 0.5) is 0 Å². The number of imidazole rings is 1. The molecule has 20 heavy (non-hydrogen) atoms. The largest absolute Gasteiger partial charge is 0.350 e. The van der Waals surface area contributed by atoms with E-state index in [9.17, 15) is 4.79 Å². The summed E-state index contributed by atoms with van der Waals surface area (Å²) in [7, 11) is 0. The second-order valence-corrected chi connectivity index (χ2v) is 6.64. The van der Waals surface area contributed by atoms with Crippen LogP contribution in [0, 0.1) is 13.8 Å². The van der Waals surface area contributed by atoms with Crippen molar-refractivity contribution in [1.82, 2.24) is 14.9 Å². The first-order valence-corrected chi connectivity index (χ1v) is 7.83. The maximum Gasteiger partial charge on any atom is 0.261 e. The Morgan fingerprint density at radius 2 is 2.25 bits per heavy atom. The quantitative estimate of drug-likeness (QED) is 0.920. The van der Waals surface area contributed by atoms with Crippen molar-refractivity contribution < 1.29 is 4.79 Å². The molecule has 4 nitrogen and oxygen atoms in total. The molecule has 1 aliphatic rings. The number of thiophene rings is 1. The first-order valence-electron chi connectivity index (χ1n) is 7.02. The third kappa shape index (κ3) is 2.77.